The largest absolute Gasteiger partial charge is 0.489 e. The SMILES string of the molecule is O=C(OCCOc1ccnc2ccccc12)C1CCOCC12CCC2. The molecule has 5 heteroatoms. The summed E-state index contributed by atoms with van der Waals surface area (Å²) in [5.41, 5.74) is 0.934. The molecular weight excluding hydrogens is 318 g/mol. The van der Waals surface area contributed by atoms with Crippen LogP contribution in [0.25, 0.3) is 10.9 Å². The van der Waals surface area contributed by atoms with Crippen molar-refractivity contribution in [3.8, 4) is 5.75 Å². The molecule has 1 atom stereocenters. The Labute approximate surface area is 147 Å². The third-order valence-corrected chi connectivity index (χ3v) is 5.51. The van der Waals surface area contributed by atoms with Crippen LogP contribution in [0.1, 0.15) is 25.7 Å². The molecular formula is C20H23NO4. The van der Waals surface area contributed by atoms with Gasteiger partial charge in [0.2, 0.25) is 0 Å². The van der Waals surface area contributed by atoms with Gasteiger partial charge in [-0.2, -0.15) is 0 Å². The van der Waals surface area contributed by atoms with Crippen molar-refractivity contribution in [2.75, 3.05) is 26.4 Å². The minimum absolute atomic E-state index is 0.0169. The van der Waals surface area contributed by atoms with Gasteiger partial charge in [-0.05, 0) is 37.5 Å². The van der Waals surface area contributed by atoms with Crippen LogP contribution in [0.3, 0.4) is 0 Å². The summed E-state index contributed by atoms with van der Waals surface area (Å²) in [4.78, 5) is 16.8. The third kappa shape index (κ3) is 3.21. The van der Waals surface area contributed by atoms with Crippen molar-refractivity contribution in [2.24, 2.45) is 11.3 Å². The second kappa shape index (κ2) is 7.00. The number of pyridine rings is 1. The maximum absolute atomic E-state index is 12.5. The summed E-state index contributed by atoms with van der Waals surface area (Å²) < 4.78 is 16.9. The Bertz CT molecular complexity index is 751. The van der Waals surface area contributed by atoms with Crippen molar-refractivity contribution >= 4 is 16.9 Å². The molecule has 0 bridgehead atoms. The van der Waals surface area contributed by atoms with Crippen LogP contribution in [0.5, 0.6) is 5.75 Å². The molecule has 2 fully saturated rings. The molecule has 1 spiro atoms. The summed E-state index contributed by atoms with van der Waals surface area (Å²) in [5.74, 6) is 0.658. The lowest BCUT2D eigenvalue weighted by atomic mass is 9.60. The zero-order valence-electron chi connectivity index (χ0n) is 14.3. The molecule has 0 amide bonds. The van der Waals surface area contributed by atoms with E-state index in [1.165, 1.54) is 6.42 Å². The van der Waals surface area contributed by atoms with E-state index in [2.05, 4.69) is 4.98 Å². The van der Waals surface area contributed by atoms with E-state index in [-0.39, 0.29) is 23.9 Å². The minimum Gasteiger partial charge on any atom is -0.489 e. The molecule has 4 rings (SSSR count). The first kappa shape index (κ1) is 16.3. The molecule has 2 aliphatic rings. The van der Waals surface area contributed by atoms with Crippen molar-refractivity contribution in [1.82, 2.24) is 4.98 Å². The molecule has 132 valence electrons. The molecule has 5 nitrogen and oxygen atoms in total. The van der Waals surface area contributed by atoms with Crippen LogP contribution < -0.4 is 4.74 Å². The predicted octanol–water partition coefficient (Wildman–Crippen LogP) is 3.36. The highest BCUT2D eigenvalue weighted by molar-refractivity contribution is 5.84. The lowest BCUT2D eigenvalue weighted by molar-refractivity contribution is -0.170. The summed E-state index contributed by atoms with van der Waals surface area (Å²) >= 11 is 0. The fourth-order valence-corrected chi connectivity index (χ4v) is 3.96. The summed E-state index contributed by atoms with van der Waals surface area (Å²) in [6, 6.07) is 9.68. The smallest absolute Gasteiger partial charge is 0.309 e. The lowest BCUT2D eigenvalue weighted by Gasteiger charge is -2.48. The lowest BCUT2D eigenvalue weighted by Crippen LogP contribution is -2.49. The fraction of sp³-hybridized carbons (Fsp3) is 0.500. The van der Waals surface area contributed by atoms with Gasteiger partial charge >= 0.3 is 5.97 Å². The van der Waals surface area contributed by atoms with Gasteiger partial charge in [0.1, 0.15) is 19.0 Å². The van der Waals surface area contributed by atoms with Crippen LogP contribution >= 0.6 is 0 Å². The molecule has 25 heavy (non-hydrogen) atoms. The normalized spacial score (nSPS) is 21.7. The van der Waals surface area contributed by atoms with Gasteiger partial charge < -0.3 is 14.2 Å². The summed E-state index contributed by atoms with van der Waals surface area (Å²) in [5, 5.41) is 0.967. The van der Waals surface area contributed by atoms with Crippen molar-refractivity contribution in [3.63, 3.8) is 0 Å². The number of ether oxygens (including phenoxy) is 3. The van der Waals surface area contributed by atoms with E-state index in [4.69, 9.17) is 14.2 Å². The Morgan fingerprint density at radius 2 is 2.12 bits per heavy atom. The van der Waals surface area contributed by atoms with Crippen LogP contribution in [-0.2, 0) is 14.3 Å². The Morgan fingerprint density at radius 1 is 1.24 bits per heavy atom. The molecule has 1 saturated heterocycles. The van der Waals surface area contributed by atoms with Crippen molar-refractivity contribution in [2.45, 2.75) is 25.7 Å². The number of hydrogen-bond acceptors (Lipinski definition) is 5. The van der Waals surface area contributed by atoms with Crippen LogP contribution in [0.4, 0.5) is 0 Å². The molecule has 1 unspecified atom stereocenters. The zero-order valence-corrected chi connectivity index (χ0v) is 14.3. The second-order valence-corrected chi connectivity index (χ2v) is 6.95. The van der Waals surface area contributed by atoms with E-state index in [0.717, 1.165) is 35.9 Å². The molecule has 0 N–H and O–H groups in total. The molecule has 1 aliphatic carbocycles. The first-order chi connectivity index (χ1) is 12.3. The predicted molar refractivity (Wildman–Crippen MR) is 93.4 cm³/mol. The number of benzene rings is 1. The number of para-hydroxylation sites is 1. The van der Waals surface area contributed by atoms with Crippen LogP contribution in [0.2, 0.25) is 0 Å². The number of fused-ring (bicyclic) bond motifs is 1. The van der Waals surface area contributed by atoms with Gasteiger partial charge in [0.05, 0.1) is 18.0 Å². The summed E-state index contributed by atoms with van der Waals surface area (Å²) in [7, 11) is 0. The highest BCUT2D eigenvalue weighted by Crippen LogP contribution is 2.50. The average molecular weight is 341 g/mol. The quantitative estimate of drug-likeness (QED) is 0.616. The monoisotopic (exact) mass is 341 g/mol. The minimum atomic E-state index is -0.0915. The second-order valence-electron chi connectivity index (χ2n) is 6.95. The van der Waals surface area contributed by atoms with Gasteiger partial charge in [-0.1, -0.05) is 18.6 Å². The van der Waals surface area contributed by atoms with Gasteiger partial charge in [0, 0.05) is 23.6 Å². The highest BCUT2D eigenvalue weighted by Gasteiger charge is 2.50. The first-order valence-electron chi connectivity index (χ1n) is 8.99. The topological polar surface area (TPSA) is 57.7 Å². The number of esters is 1. The fourth-order valence-electron chi connectivity index (χ4n) is 3.96. The van der Waals surface area contributed by atoms with E-state index in [1.54, 1.807) is 6.20 Å². The average Bonchev–Trinajstić information content (AvgIpc) is 2.63. The maximum Gasteiger partial charge on any atom is 0.309 e. The molecule has 2 heterocycles. The van der Waals surface area contributed by atoms with Crippen molar-refractivity contribution < 1.29 is 19.0 Å². The molecule has 1 aromatic carbocycles. The Balaban J connectivity index is 1.31. The standard InChI is InChI=1S/C20H23NO4/c22-19(16-7-11-23-14-20(16)8-3-9-20)25-13-12-24-18-6-10-21-17-5-2-1-4-15(17)18/h1-2,4-6,10,16H,3,7-9,11-14H2. The Morgan fingerprint density at radius 3 is 2.96 bits per heavy atom. The van der Waals surface area contributed by atoms with Gasteiger partial charge in [-0.3, -0.25) is 9.78 Å². The van der Waals surface area contributed by atoms with E-state index in [0.29, 0.717) is 19.8 Å². The number of hydrogen-bond donors (Lipinski definition) is 0. The molecule has 1 aliphatic heterocycles. The number of carbonyl (C=O) groups is 1. The van der Waals surface area contributed by atoms with E-state index in [9.17, 15) is 4.79 Å². The number of rotatable bonds is 5. The van der Waals surface area contributed by atoms with Gasteiger partial charge in [-0.25, -0.2) is 0 Å². The van der Waals surface area contributed by atoms with Crippen LogP contribution in [0.15, 0.2) is 36.5 Å². The zero-order chi connectivity index (χ0) is 17.1. The highest BCUT2D eigenvalue weighted by atomic mass is 16.6. The van der Waals surface area contributed by atoms with E-state index in [1.807, 2.05) is 30.3 Å². The molecule has 1 saturated carbocycles. The van der Waals surface area contributed by atoms with E-state index >= 15 is 0 Å². The number of carbonyl (C=O) groups excluding carboxylic acids is 1. The van der Waals surface area contributed by atoms with Gasteiger partial charge in [-0.15, -0.1) is 0 Å². The van der Waals surface area contributed by atoms with Gasteiger partial charge in [0.15, 0.2) is 0 Å². The summed E-state index contributed by atoms with van der Waals surface area (Å²) in [6.45, 7) is 1.96. The maximum atomic E-state index is 12.5. The first-order valence-corrected chi connectivity index (χ1v) is 8.99. The molecule has 0 radical (unpaired) electrons. The van der Waals surface area contributed by atoms with Crippen molar-refractivity contribution in [3.05, 3.63) is 36.5 Å². The molecule has 1 aromatic heterocycles. The summed E-state index contributed by atoms with van der Waals surface area (Å²) in [6.07, 6.45) is 5.84. The Kier molecular flexibility index (Phi) is 4.57. The Hall–Kier alpha value is -2.14. The van der Waals surface area contributed by atoms with Crippen molar-refractivity contribution in [1.29, 1.82) is 0 Å². The van der Waals surface area contributed by atoms with E-state index < -0.39 is 0 Å². The number of aromatic nitrogens is 1. The van der Waals surface area contributed by atoms with Crippen LogP contribution in [-0.4, -0.2) is 37.4 Å². The number of nitrogens with zero attached hydrogens (tertiary/aromatic N) is 1. The molecule has 2 aromatic rings. The van der Waals surface area contributed by atoms with Crippen LogP contribution in [0, 0.1) is 11.3 Å². The third-order valence-electron chi connectivity index (χ3n) is 5.51. The van der Waals surface area contributed by atoms with Gasteiger partial charge in [0.25, 0.3) is 0 Å².